The number of rotatable bonds is 4. The molecule has 0 saturated heterocycles. The van der Waals surface area contributed by atoms with Crippen molar-refractivity contribution in [3.05, 3.63) is 28.2 Å². The molecule has 0 saturated carbocycles. The summed E-state index contributed by atoms with van der Waals surface area (Å²) in [5.41, 5.74) is 1.88. The van der Waals surface area contributed by atoms with E-state index in [-0.39, 0.29) is 12.1 Å². The van der Waals surface area contributed by atoms with Crippen molar-refractivity contribution in [2.75, 3.05) is 5.32 Å². The lowest BCUT2D eigenvalue weighted by molar-refractivity contribution is 0.248. The van der Waals surface area contributed by atoms with Crippen molar-refractivity contribution in [2.24, 2.45) is 0 Å². The van der Waals surface area contributed by atoms with Gasteiger partial charge in [0, 0.05) is 16.2 Å². The summed E-state index contributed by atoms with van der Waals surface area (Å²) in [6.07, 6.45) is 2.06. The van der Waals surface area contributed by atoms with Gasteiger partial charge in [-0.15, -0.1) is 0 Å². The molecular weight excluding hydrogens is 280 g/mol. The van der Waals surface area contributed by atoms with Gasteiger partial charge in [0.25, 0.3) is 0 Å². The topological polar surface area (TPSA) is 41.1 Å². The number of aryl methyl sites for hydroxylation is 1. The predicted molar refractivity (Wildman–Crippen MR) is 75.4 cm³/mol. The molecule has 0 fully saturated rings. The van der Waals surface area contributed by atoms with Crippen molar-refractivity contribution < 1.29 is 4.79 Å². The van der Waals surface area contributed by atoms with Gasteiger partial charge in [-0.1, -0.05) is 29.3 Å². The molecule has 4 heteroatoms. The van der Waals surface area contributed by atoms with E-state index in [4.69, 9.17) is 0 Å². The van der Waals surface area contributed by atoms with Crippen LogP contribution < -0.4 is 10.6 Å². The van der Waals surface area contributed by atoms with Gasteiger partial charge in [-0.05, 0) is 44.0 Å². The number of halogens is 1. The zero-order valence-corrected chi connectivity index (χ0v) is 12.1. The molecule has 0 unspecified atom stereocenters. The Morgan fingerprint density at radius 1 is 1.47 bits per heavy atom. The maximum Gasteiger partial charge on any atom is 0.319 e. The maximum absolute atomic E-state index is 11.7. The smallest absolute Gasteiger partial charge is 0.319 e. The molecule has 0 radical (unpaired) electrons. The first kappa shape index (κ1) is 14.0. The number of benzene rings is 1. The average Bonchev–Trinajstić information content (AvgIpc) is 2.22. The van der Waals surface area contributed by atoms with Crippen LogP contribution in [0.2, 0.25) is 0 Å². The van der Waals surface area contributed by atoms with Crippen LogP contribution in [0.15, 0.2) is 22.7 Å². The molecule has 0 aromatic heterocycles. The second-order valence-electron chi connectivity index (χ2n) is 4.25. The van der Waals surface area contributed by atoms with Crippen LogP contribution in [0.3, 0.4) is 0 Å². The molecule has 1 aromatic carbocycles. The van der Waals surface area contributed by atoms with E-state index < -0.39 is 0 Å². The van der Waals surface area contributed by atoms with Gasteiger partial charge in [0.15, 0.2) is 0 Å². The van der Waals surface area contributed by atoms with E-state index >= 15 is 0 Å². The number of amides is 2. The average molecular weight is 299 g/mol. The molecule has 1 aromatic rings. The Labute approximate surface area is 111 Å². The van der Waals surface area contributed by atoms with Gasteiger partial charge < -0.3 is 10.6 Å². The summed E-state index contributed by atoms with van der Waals surface area (Å²) in [6.45, 7) is 6.09. The monoisotopic (exact) mass is 298 g/mol. The molecular formula is C13H19BrN2O. The van der Waals surface area contributed by atoms with Crippen molar-refractivity contribution in [3.63, 3.8) is 0 Å². The molecule has 0 aliphatic heterocycles. The van der Waals surface area contributed by atoms with Crippen molar-refractivity contribution in [2.45, 2.75) is 39.7 Å². The first-order valence-corrected chi connectivity index (χ1v) is 6.66. The number of hydrogen-bond acceptors (Lipinski definition) is 1. The van der Waals surface area contributed by atoms with Crippen molar-refractivity contribution in [1.29, 1.82) is 0 Å². The second-order valence-corrected chi connectivity index (χ2v) is 5.16. The van der Waals surface area contributed by atoms with E-state index in [0.29, 0.717) is 0 Å². The van der Waals surface area contributed by atoms with Gasteiger partial charge in [-0.2, -0.15) is 0 Å². The Hall–Kier alpha value is -1.03. The predicted octanol–water partition coefficient (Wildman–Crippen LogP) is 4.07. The molecule has 0 spiro atoms. The third-order valence-electron chi connectivity index (χ3n) is 2.54. The SMILES string of the molecule is CCC[C@H](C)NC(=O)Nc1ccc(Br)cc1C. The fourth-order valence-electron chi connectivity index (χ4n) is 1.65. The first-order chi connectivity index (χ1) is 8.02. The molecule has 2 N–H and O–H groups in total. The largest absolute Gasteiger partial charge is 0.335 e. The zero-order valence-electron chi connectivity index (χ0n) is 10.5. The Morgan fingerprint density at radius 2 is 2.18 bits per heavy atom. The van der Waals surface area contributed by atoms with Crippen LogP contribution >= 0.6 is 15.9 Å². The van der Waals surface area contributed by atoms with Gasteiger partial charge >= 0.3 is 6.03 Å². The normalized spacial score (nSPS) is 12.0. The summed E-state index contributed by atoms with van der Waals surface area (Å²) < 4.78 is 1.01. The summed E-state index contributed by atoms with van der Waals surface area (Å²) >= 11 is 3.39. The van der Waals surface area contributed by atoms with E-state index in [9.17, 15) is 4.79 Å². The van der Waals surface area contributed by atoms with Crippen LogP contribution in [-0.4, -0.2) is 12.1 Å². The number of urea groups is 1. The highest BCUT2D eigenvalue weighted by molar-refractivity contribution is 9.10. The van der Waals surface area contributed by atoms with Crippen LogP contribution in [0, 0.1) is 6.92 Å². The molecule has 94 valence electrons. The molecule has 3 nitrogen and oxygen atoms in total. The van der Waals surface area contributed by atoms with Crippen LogP contribution in [0.5, 0.6) is 0 Å². The molecule has 0 aliphatic rings. The number of anilines is 1. The summed E-state index contributed by atoms with van der Waals surface area (Å²) in [5, 5.41) is 5.77. The maximum atomic E-state index is 11.7. The Kier molecular flexibility index (Phi) is 5.48. The molecule has 17 heavy (non-hydrogen) atoms. The Morgan fingerprint density at radius 3 is 2.76 bits per heavy atom. The zero-order chi connectivity index (χ0) is 12.8. The third kappa shape index (κ3) is 4.77. The third-order valence-corrected chi connectivity index (χ3v) is 3.03. The lowest BCUT2D eigenvalue weighted by atomic mass is 10.2. The van der Waals surface area contributed by atoms with Crippen molar-refractivity contribution >= 4 is 27.6 Å². The number of hydrogen-bond donors (Lipinski definition) is 2. The number of carbonyl (C=O) groups is 1. The van der Waals surface area contributed by atoms with Gasteiger partial charge in [0.2, 0.25) is 0 Å². The van der Waals surface area contributed by atoms with Gasteiger partial charge in [0.05, 0.1) is 0 Å². The highest BCUT2D eigenvalue weighted by Crippen LogP contribution is 2.19. The molecule has 0 aliphatic carbocycles. The second kappa shape index (κ2) is 6.64. The fraction of sp³-hybridized carbons (Fsp3) is 0.462. The Bertz CT molecular complexity index is 393. The number of nitrogens with one attached hydrogen (secondary N) is 2. The van der Waals surface area contributed by atoms with Gasteiger partial charge in [-0.3, -0.25) is 0 Å². The minimum Gasteiger partial charge on any atom is -0.335 e. The molecule has 1 atom stereocenters. The lowest BCUT2D eigenvalue weighted by Crippen LogP contribution is -2.36. The van der Waals surface area contributed by atoms with Crippen LogP contribution in [0.4, 0.5) is 10.5 Å². The lowest BCUT2D eigenvalue weighted by Gasteiger charge is -2.14. The minimum absolute atomic E-state index is 0.142. The van der Waals surface area contributed by atoms with Crippen LogP contribution in [0.25, 0.3) is 0 Å². The van der Waals surface area contributed by atoms with Gasteiger partial charge in [0.1, 0.15) is 0 Å². The standard InChI is InChI=1S/C13H19BrN2O/c1-4-5-10(3)15-13(17)16-12-7-6-11(14)8-9(12)2/h6-8,10H,4-5H2,1-3H3,(H2,15,16,17)/t10-/m0/s1. The summed E-state index contributed by atoms with van der Waals surface area (Å²) in [5.74, 6) is 0. The Balaban J connectivity index is 2.56. The van der Waals surface area contributed by atoms with E-state index in [0.717, 1.165) is 28.6 Å². The van der Waals surface area contributed by atoms with E-state index in [2.05, 4.69) is 33.5 Å². The van der Waals surface area contributed by atoms with E-state index in [1.165, 1.54) is 0 Å². The molecule has 0 bridgehead atoms. The summed E-state index contributed by atoms with van der Waals surface area (Å²) in [7, 11) is 0. The quantitative estimate of drug-likeness (QED) is 0.864. The van der Waals surface area contributed by atoms with Crippen LogP contribution in [0.1, 0.15) is 32.3 Å². The van der Waals surface area contributed by atoms with Crippen LogP contribution in [-0.2, 0) is 0 Å². The highest BCUT2D eigenvalue weighted by atomic mass is 79.9. The van der Waals surface area contributed by atoms with Gasteiger partial charge in [-0.25, -0.2) is 4.79 Å². The summed E-state index contributed by atoms with van der Waals surface area (Å²) in [6, 6.07) is 5.85. The summed E-state index contributed by atoms with van der Waals surface area (Å²) in [4.78, 5) is 11.7. The van der Waals surface area contributed by atoms with E-state index in [1.807, 2.05) is 32.0 Å². The first-order valence-electron chi connectivity index (χ1n) is 5.86. The highest BCUT2D eigenvalue weighted by Gasteiger charge is 2.07. The van der Waals surface area contributed by atoms with E-state index in [1.54, 1.807) is 0 Å². The fourth-order valence-corrected chi connectivity index (χ4v) is 2.13. The number of carbonyl (C=O) groups excluding carboxylic acids is 1. The van der Waals surface area contributed by atoms with Crippen molar-refractivity contribution in [3.8, 4) is 0 Å². The molecule has 1 rings (SSSR count). The van der Waals surface area contributed by atoms with Crippen molar-refractivity contribution in [1.82, 2.24) is 5.32 Å². The minimum atomic E-state index is -0.142. The molecule has 0 heterocycles. The molecule has 2 amide bonds.